The molecule has 0 heterocycles. The third kappa shape index (κ3) is 4.77. The van der Waals surface area contributed by atoms with Crippen LogP contribution in [0.1, 0.15) is 39.0 Å². The summed E-state index contributed by atoms with van der Waals surface area (Å²) in [5.74, 6) is 2.47. The minimum absolute atomic E-state index is 0.201. The van der Waals surface area contributed by atoms with Crippen LogP contribution >= 0.6 is 0 Å². The molecule has 0 radical (unpaired) electrons. The van der Waals surface area contributed by atoms with Crippen molar-refractivity contribution in [2.45, 2.75) is 45.1 Å². The van der Waals surface area contributed by atoms with Gasteiger partial charge in [0.2, 0.25) is 0 Å². The summed E-state index contributed by atoms with van der Waals surface area (Å²) in [6, 6.07) is 0.201. The highest BCUT2D eigenvalue weighted by Crippen LogP contribution is 2.25. The zero-order chi connectivity index (χ0) is 9.68. The van der Waals surface area contributed by atoms with Gasteiger partial charge >= 0.3 is 0 Å². The molecule has 2 unspecified atom stereocenters. The second kappa shape index (κ2) is 5.76. The lowest BCUT2D eigenvalue weighted by Gasteiger charge is -2.09. The molecule has 1 aliphatic rings. The summed E-state index contributed by atoms with van der Waals surface area (Å²) in [6.45, 7) is 1.98. The van der Waals surface area contributed by atoms with Crippen LogP contribution in [-0.2, 0) is 10.8 Å². The smallest absolute Gasteiger partial charge is 0.0263 e. The van der Waals surface area contributed by atoms with Gasteiger partial charge in [-0.05, 0) is 32.1 Å². The molecule has 0 aliphatic heterocycles. The molecule has 0 aromatic carbocycles. The van der Waals surface area contributed by atoms with Gasteiger partial charge in [0, 0.05) is 28.3 Å². The molecular formula is C10H21NOS. The molecule has 0 saturated heterocycles. The van der Waals surface area contributed by atoms with Gasteiger partial charge in [0.1, 0.15) is 0 Å². The number of hydrogen-bond acceptors (Lipinski definition) is 2. The summed E-state index contributed by atoms with van der Waals surface area (Å²) in [7, 11) is -0.610. The van der Waals surface area contributed by atoms with Crippen LogP contribution in [0.2, 0.25) is 0 Å². The molecule has 1 rings (SSSR count). The van der Waals surface area contributed by atoms with E-state index in [-0.39, 0.29) is 6.04 Å². The molecule has 13 heavy (non-hydrogen) atoms. The Bertz CT molecular complexity index is 164. The van der Waals surface area contributed by atoms with Crippen LogP contribution in [0.25, 0.3) is 0 Å². The lowest BCUT2D eigenvalue weighted by atomic mass is 10.1. The second-order valence-electron chi connectivity index (χ2n) is 4.23. The van der Waals surface area contributed by atoms with Crippen molar-refractivity contribution in [2.75, 3.05) is 11.5 Å². The van der Waals surface area contributed by atoms with E-state index < -0.39 is 10.8 Å². The summed E-state index contributed by atoms with van der Waals surface area (Å²) < 4.78 is 11.6. The van der Waals surface area contributed by atoms with E-state index in [0.717, 1.165) is 23.8 Å². The lowest BCUT2D eigenvalue weighted by Crippen LogP contribution is -2.20. The highest BCUT2D eigenvalue weighted by Gasteiger charge is 2.17. The minimum atomic E-state index is -0.610. The number of nitrogens with two attached hydrogens (primary N) is 1. The van der Waals surface area contributed by atoms with Crippen molar-refractivity contribution >= 4 is 10.8 Å². The van der Waals surface area contributed by atoms with Gasteiger partial charge in [0.25, 0.3) is 0 Å². The molecule has 1 aliphatic carbocycles. The SMILES string of the molecule is CC(N)CCS(=O)CC1CCCC1. The zero-order valence-electron chi connectivity index (χ0n) is 8.50. The van der Waals surface area contributed by atoms with Gasteiger partial charge < -0.3 is 5.73 Å². The van der Waals surface area contributed by atoms with Crippen LogP contribution in [0, 0.1) is 5.92 Å². The number of rotatable bonds is 5. The van der Waals surface area contributed by atoms with E-state index in [0.29, 0.717) is 0 Å². The topological polar surface area (TPSA) is 43.1 Å². The van der Waals surface area contributed by atoms with Crippen molar-refractivity contribution in [1.29, 1.82) is 0 Å². The third-order valence-electron chi connectivity index (χ3n) is 2.70. The average Bonchev–Trinajstić information content (AvgIpc) is 2.53. The van der Waals surface area contributed by atoms with Gasteiger partial charge in [-0.25, -0.2) is 0 Å². The Labute approximate surface area is 83.7 Å². The van der Waals surface area contributed by atoms with Gasteiger partial charge in [-0.2, -0.15) is 0 Å². The van der Waals surface area contributed by atoms with Gasteiger partial charge in [0.05, 0.1) is 0 Å². The molecule has 0 bridgehead atoms. The van der Waals surface area contributed by atoms with E-state index >= 15 is 0 Å². The van der Waals surface area contributed by atoms with Crippen molar-refractivity contribution in [2.24, 2.45) is 11.7 Å². The average molecular weight is 203 g/mol. The van der Waals surface area contributed by atoms with Gasteiger partial charge in [-0.15, -0.1) is 0 Å². The fourth-order valence-electron chi connectivity index (χ4n) is 1.84. The number of hydrogen-bond donors (Lipinski definition) is 1. The quantitative estimate of drug-likeness (QED) is 0.738. The molecule has 1 fully saturated rings. The summed E-state index contributed by atoms with van der Waals surface area (Å²) >= 11 is 0. The van der Waals surface area contributed by atoms with Gasteiger partial charge in [0.15, 0.2) is 0 Å². The summed E-state index contributed by atoms with van der Waals surface area (Å²) in [4.78, 5) is 0. The van der Waals surface area contributed by atoms with E-state index in [9.17, 15) is 4.21 Å². The highest BCUT2D eigenvalue weighted by molar-refractivity contribution is 7.84. The molecule has 0 aromatic heterocycles. The zero-order valence-corrected chi connectivity index (χ0v) is 9.31. The van der Waals surface area contributed by atoms with Crippen molar-refractivity contribution in [1.82, 2.24) is 0 Å². The Hall–Kier alpha value is 0.110. The standard InChI is InChI=1S/C10H21NOS/c1-9(11)6-7-13(12)8-10-4-2-3-5-10/h9-10H,2-8,11H2,1H3. The Morgan fingerprint density at radius 1 is 1.46 bits per heavy atom. The monoisotopic (exact) mass is 203 g/mol. The molecule has 0 amide bonds. The van der Waals surface area contributed by atoms with Crippen LogP contribution in [0.5, 0.6) is 0 Å². The third-order valence-corrected chi connectivity index (χ3v) is 4.23. The first-order chi connectivity index (χ1) is 6.18. The second-order valence-corrected chi connectivity index (χ2v) is 5.85. The molecule has 1 saturated carbocycles. The minimum Gasteiger partial charge on any atom is -0.328 e. The summed E-state index contributed by atoms with van der Waals surface area (Å²) in [5.41, 5.74) is 5.61. The Balaban J connectivity index is 2.09. The van der Waals surface area contributed by atoms with Crippen LogP contribution in [0.15, 0.2) is 0 Å². The predicted octanol–water partition coefficient (Wildman–Crippen LogP) is 1.66. The van der Waals surface area contributed by atoms with Gasteiger partial charge in [-0.3, -0.25) is 4.21 Å². The molecular weight excluding hydrogens is 182 g/mol. The molecule has 2 atom stereocenters. The fraction of sp³-hybridized carbons (Fsp3) is 1.00. The van der Waals surface area contributed by atoms with Gasteiger partial charge in [-0.1, -0.05) is 12.8 Å². The maximum atomic E-state index is 11.6. The van der Waals surface area contributed by atoms with E-state index in [1.54, 1.807) is 0 Å². The molecule has 0 spiro atoms. The molecule has 0 aromatic rings. The molecule has 2 N–H and O–H groups in total. The Kier molecular flexibility index (Phi) is 4.96. The maximum absolute atomic E-state index is 11.6. The maximum Gasteiger partial charge on any atom is 0.0263 e. The van der Waals surface area contributed by atoms with E-state index in [2.05, 4.69) is 0 Å². The van der Waals surface area contributed by atoms with Crippen molar-refractivity contribution in [3.63, 3.8) is 0 Å². The molecule has 2 nitrogen and oxygen atoms in total. The van der Waals surface area contributed by atoms with Crippen LogP contribution in [0.4, 0.5) is 0 Å². The van der Waals surface area contributed by atoms with Crippen molar-refractivity contribution < 1.29 is 4.21 Å². The van der Waals surface area contributed by atoms with E-state index in [4.69, 9.17) is 5.73 Å². The molecule has 3 heteroatoms. The van der Waals surface area contributed by atoms with E-state index in [1.807, 2.05) is 6.92 Å². The Morgan fingerprint density at radius 2 is 2.08 bits per heavy atom. The first kappa shape index (κ1) is 11.2. The van der Waals surface area contributed by atoms with Crippen molar-refractivity contribution in [3.05, 3.63) is 0 Å². The summed E-state index contributed by atoms with van der Waals surface area (Å²) in [6.07, 6.45) is 6.18. The Morgan fingerprint density at radius 3 is 2.62 bits per heavy atom. The first-order valence-corrected chi connectivity index (χ1v) is 6.78. The fourth-order valence-corrected chi connectivity index (χ4v) is 3.50. The van der Waals surface area contributed by atoms with E-state index in [1.165, 1.54) is 25.7 Å². The lowest BCUT2D eigenvalue weighted by molar-refractivity contribution is 0.601. The molecule has 78 valence electrons. The van der Waals surface area contributed by atoms with Crippen LogP contribution < -0.4 is 5.73 Å². The predicted molar refractivity (Wildman–Crippen MR) is 58.1 cm³/mol. The first-order valence-electron chi connectivity index (χ1n) is 5.29. The summed E-state index contributed by atoms with van der Waals surface area (Å²) in [5, 5.41) is 0. The largest absolute Gasteiger partial charge is 0.328 e. The van der Waals surface area contributed by atoms with Crippen LogP contribution in [-0.4, -0.2) is 21.8 Å². The normalized spacial score (nSPS) is 23.2. The van der Waals surface area contributed by atoms with Crippen molar-refractivity contribution in [3.8, 4) is 0 Å². The highest BCUT2D eigenvalue weighted by atomic mass is 32.2. The van der Waals surface area contributed by atoms with Crippen LogP contribution in [0.3, 0.4) is 0 Å².